The summed E-state index contributed by atoms with van der Waals surface area (Å²) >= 11 is 0. The summed E-state index contributed by atoms with van der Waals surface area (Å²) in [5, 5.41) is 12.1. The molecule has 0 unspecified atom stereocenters. The Morgan fingerprint density at radius 2 is 1.78 bits per heavy atom. The smallest absolute Gasteiger partial charge is 0.270 e. The Kier molecular flexibility index (Phi) is 5.53. The number of amides is 1. The normalized spacial score (nSPS) is 11.3. The van der Waals surface area contributed by atoms with E-state index >= 15 is 0 Å². The lowest BCUT2D eigenvalue weighted by atomic mass is 10.1. The zero-order chi connectivity index (χ0) is 19.2. The first-order valence-corrected chi connectivity index (χ1v) is 8.66. The molecule has 27 heavy (non-hydrogen) atoms. The number of nitrogens with one attached hydrogen (secondary N) is 1. The lowest BCUT2D eigenvalue weighted by molar-refractivity contribution is -0.123. The molecule has 0 heterocycles. The number of nitrogens with zero attached hydrogens (tertiary/aromatic N) is 1. The highest BCUT2D eigenvalue weighted by Gasteiger charge is 2.23. The van der Waals surface area contributed by atoms with Crippen LogP contribution in [0.1, 0.15) is 28.4 Å². The van der Waals surface area contributed by atoms with Crippen molar-refractivity contribution in [3.8, 4) is 11.8 Å². The molecule has 3 aromatic carbocycles. The van der Waals surface area contributed by atoms with E-state index in [1.807, 2.05) is 62.4 Å². The van der Waals surface area contributed by atoms with Crippen LogP contribution in [0, 0.1) is 25.2 Å². The Hall–Kier alpha value is -3.58. The van der Waals surface area contributed by atoms with Crippen LogP contribution in [0.2, 0.25) is 0 Å². The molecule has 0 aliphatic rings. The summed E-state index contributed by atoms with van der Waals surface area (Å²) in [4.78, 5) is 13.0. The second kappa shape index (κ2) is 8.20. The summed E-state index contributed by atoms with van der Waals surface area (Å²) in [6.45, 7) is 3.93. The molecule has 0 aromatic heterocycles. The summed E-state index contributed by atoms with van der Waals surface area (Å²) in [7, 11) is 0. The zero-order valence-corrected chi connectivity index (χ0v) is 15.3. The molecule has 4 heteroatoms. The van der Waals surface area contributed by atoms with Crippen LogP contribution in [0.25, 0.3) is 0 Å². The van der Waals surface area contributed by atoms with Crippen LogP contribution in [-0.4, -0.2) is 5.91 Å². The average Bonchev–Trinajstić information content (AvgIpc) is 2.69. The minimum absolute atomic E-state index is 0.266. The number of hydrogen-bond donors (Lipinski definition) is 1. The number of anilines is 1. The van der Waals surface area contributed by atoms with Crippen LogP contribution in [-0.2, 0) is 4.79 Å². The second-order valence-electron chi connectivity index (χ2n) is 6.36. The van der Waals surface area contributed by atoms with Gasteiger partial charge in [-0.2, -0.15) is 5.26 Å². The first-order valence-electron chi connectivity index (χ1n) is 8.66. The van der Waals surface area contributed by atoms with Crippen molar-refractivity contribution in [2.75, 3.05) is 5.32 Å². The van der Waals surface area contributed by atoms with Crippen molar-refractivity contribution in [3.05, 3.63) is 95.1 Å². The Balaban J connectivity index is 1.91. The van der Waals surface area contributed by atoms with Gasteiger partial charge in [0.1, 0.15) is 5.75 Å². The SMILES string of the molecule is Cc1ccc(C)c(NC(=O)[C@H](Oc2cccc(C#N)c2)c2ccccc2)c1. The van der Waals surface area contributed by atoms with Crippen molar-refractivity contribution < 1.29 is 9.53 Å². The highest BCUT2D eigenvalue weighted by Crippen LogP contribution is 2.25. The van der Waals surface area contributed by atoms with Gasteiger partial charge >= 0.3 is 0 Å². The Bertz CT molecular complexity index is 991. The molecule has 0 spiro atoms. The Morgan fingerprint density at radius 3 is 2.52 bits per heavy atom. The van der Waals surface area contributed by atoms with E-state index in [0.717, 1.165) is 22.4 Å². The minimum atomic E-state index is -0.833. The van der Waals surface area contributed by atoms with Gasteiger partial charge in [-0.05, 0) is 49.2 Å². The van der Waals surface area contributed by atoms with Gasteiger partial charge in [0.25, 0.3) is 5.91 Å². The van der Waals surface area contributed by atoms with Crippen LogP contribution >= 0.6 is 0 Å². The number of hydrogen-bond acceptors (Lipinski definition) is 3. The summed E-state index contributed by atoms with van der Waals surface area (Å²) in [6.07, 6.45) is -0.833. The van der Waals surface area contributed by atoms with Crippen molar-refractivity contribution in [2.45, 2.75) is 20.0 Å². The lowest BCUT2D eigenvalue weighted by Gasteiger charge is -2.20. The Morgan fingerprint density at radius 1 is 1.00 bits per heavy atom. The van der Waals surface area contributed by atoms with Crippen LogP contribution in [0.4, 0.5) is 5.69 Å². The van der Waals surface area contributed by atoms with E-state index in [1.54, 1.807) is 24.3 Å². The third-order valence-electron chi connectivity index (χ3n) is 4.21. The predicted molar refractivity (Wildman–Crippen MR) is 106 cm³/mol. The summed E-state index contributed by atoms with van der Waals surface area (Å²) in [5.74, 6) is 0.205. The van der Waals surface area contributed by atoms with Crippen LogP contribution in [0.15, 0.2) is 72.8 Å². The lowest BCUT2D eigenvalue weighted by Crippen LogP contribution is -2.26. The largest absolute Gasteiger partial charge is 0.476 e. The molecule has 134 valence electrons. The van der Waals surface area contributed by atoms with Gasteiger partial charge in [0.15, 0.2) is 0 Å². The van der Waals surface area contributed by atoms with E-state index in [2.05, 4.69) is 11.4 Å². The molecule has 0 bridgehead atoms. The molecule has 4 nitrogen and oxygen atoms in total. The summed E-state index contributed by atoms with van der Waals surface area (Å²) in [6, 6.07) is 24.1. The zero-order valence-electron chi connectivity index (χ0n) is 15.3. The molecule has 3 rings (SSSR count). The Labute approximate surface area is 159 Å². The molecule has 1 amide bonds. The van der Waals surface area contributed by atoms with Crippen molar-refractivity contribution in [2.24, 2.45) is 0 Å². The molecule has 0 fully saturated rings. The second-order valence-corrected chi connectivity index (χ2v) is 6.36. The molecule has 0 saturated heterocycles. The summed E-state index contributed by atoms with van der Waals surface area (Å²) in [5.41, 5.74) is 4.02. The molecule has 3 aromatic rings. The van der Waals surface area contributed by atoms with E-state index < -0.39 is 6.10 Å². The maximum Gasteiger partial charge on any atom is 0.270 e. The van der Waals surface area contributed by atoms with Crippen LogP contribution in [0.3, 0.4) is 0 Å². The maximum atomic E-state index is 13.0. The number of carbonyl (C=O) groups is 1. The third-order valence-corrected chi connectivity index (χ3v) is 4.21. The quantitative estimate of drug-likeness (QED) is 0.705. The van der Waals surface area contributed by atoms with Gasteiger partial charge in [0.05, 0.1) is 11.6 Å². The fraction of sp³-hybridized carbons (Fsp3) is 0.130. The molecule has 0 aliphatic carbocycles. The van der Waals surface area contributed by atoms with E-state index in [4.69, 9.17) is 10.00 Å². The van der Waals surface area contributed by atoms with Gasteiger partial charge in [-0.3, -0.25) is 4.79 Å². The van der Waals surface area contributed by atoms with E-state index in [1.165, 1.54) is 0 Å². The van der Waals surface area contributed by atoms with E-state index in [9.17, 15) is 4.79 Å². The average molecular weight is 356 g/mol. The van der Waals surface area contributed by atoms with Gasteiger partial charge < -0.3 is 10.1 Å². The van der Waals surface area contributed by atoms with Gasteiger partial charge in [-0.1, -0.05) is 48.5 Å². The minimum Gasteiger partial charge on any atom is -0.476 e. The van der Waals surface area contributed by atoms with E-state index in [-0.39, 0.29) is 5.91 Å². The molecule has 0 radical (unpaired) electrons. The standard InChI is InChI=1S/C23H20N2O2/c1-16-11-12-17(2)21(13-16)25-23(26)22(19-8-4-3-5-9-19)27-20-10-6-7-18(14-20)15-24/h3-14,22H,1-2H3,(H,25,26)/t22-/m1/s1. The van der Waals surface area contributed by atoms with Gasteiger partial charge in [0, 0.05) is 11.3 Å². The molecule has 0 saturated carbocycles. The number of benzene rings is 3. The van der Waals surface area contributed by atoms with Crippen molar-refractivity contribution in [3.63, 3.8) is 0 Å². The third kappa shape index (κ3) is 4.53. The highest BCUT2D eigenvalue weighted by molar-refractivity contribution is 5.95. The summed E-state index contributed by atoms with van der Waals surface area (Å²) < 4.78 is 5.98. The molecule has 0 aliphatic heterocycles. The molecular weight excluding hydrogens is 336 g/mol. The number of aryl methyl sites for hydroxylation is 2. The number of carbonyl (C=O) groups excluding carboxylic acids is 1. The highest BCUT2D eigenvalue weighted by atomic mass is 16.5. The predicted octanol–water partition coefficient (Wildman–Crippen LogP) is 4.93. The molecule has 1 atom stereocenters. The molecule has 1 N–H and O–H groups in total. The fourth-order valence-corrected chi connectivity index (χ4v) is 2.74. The van der Waals surface area contributed by atoms with Crippen LogP contribution in [0.5, 0.6) is 5.75 Å². The molecular formula is C23H20N2O2. The first-order chi connectivity index (χ1) is 13.1. The van der Waals surface area contributed by atoms with Crippen molar-refractivity contribution in [1.82, 2.24) is 0 Å². The maximum absolute atomic E-state index is 13.0. The van der Waals surface area contributed by atoms with Crippen molar-refractivity contribution in [1.29, 1.82) is 5.26 Å². The van der Waals surface area contributed by atoms with Gasteiger partial charge in [-0.15, -0.1) is 0 Å². The topological polar surface area (TPSA) is 62.1 Å². The van der Waals surface area contributed by atoms with E-state index in [0.29, 0.717) is 11.3 Å². The number of ether oxygens (including phenoxy) is 1. The van der Waals surface area contributed by atoms with Gasteiger partial charge in [-0.25, -0.2) is 0 Å². The number of rotatable bonds is 5. The first kappa shape index (κ1) is 18.2. The fourth-order valence-electron chi connectivity index (χ4n) is 2.74. The number of nitriles is 1. The monoisotopic (exact) mass is 356 g/mol. The van der Waals surface area contributed by atoms with Gasteiger partial charge in [0.2, 0.25) is 6.10 Å². The van der Waals surface area contributed by atoms with Crippen LogP contribution < -0.4 is 10.1 Å². The van der Waals surface area contributed by atoms with Crippen molar-refractivity contribution >= 4 is 11.6 Å².